The number of methoxy groups -OCH3 is 1. The van der Waals surface area contributed by atoms with Gasteiger partial charge in [0, 0.05) is 19.2 Å². The number of nitrogens with one attached hydrogen (secondary N) is 2. The van der Waals surface area contributed by atoms with Gasteiger partial charge in [0.15, 0.2) is 5.11 Å². The monoisotopic (exact) mass is 216 g/mol. The van der Waals surface area contributed by atoms with Crippen molar-refractivity contribution in [3.8, 4) is 0 Å². The highest BCUT2D eigenvalue weighted by molar-refractivity contribution is 7.80. The molecule has 1 aliphatic rings. The van der Waals surface area contributed by atoms with Gasteiger partial charge in [-0.3, -0.25) is 0 Å². The van der Waals surface area contributed by atoms with Crippen LogP contribution in [0.15, 0.2) is 0 Å². The van der Waals surface area contributed by atoms with Gasteiger partial charge in [-0.15, -0.1) is 0 Å². The van der Waals surface area contributed by atoms with Crippen LogP contribution in [0.3, 0.4) is 0 Å². The zero-order valence-electron chi connectivity index (χ0n) is 9.06. The van der Waals surface area contributed by atoms with E-state index in [-0.39, 0.29) is 5.54 Å². The van der Waals surface area contributed by atoms with Crippen LogP contribution in [0, 0.1) is 0 Å². The number of hydrogen-bond donors (Lipinski definition) is 2. The Kier molecular flexibility index (Phi) is 4.62. The molecule has 0 heterocycles. The molecule has 4 heteroatoms. The van der Waals surface area contributed by atoms with Gasteiger partial charge in [0.25, 0.3) is 0 Å². The van der Waals surface area contributed by atoms with E-state index >= 15 is 0 Å². The molecule has 14 heavy (non-hydrogen) atoms. The Hall–Kier alpha value is -0.350. The van der Waals surface area contributed by atoms with Gasteiger partial charge in [-0.05, 0) is 37.9 Å². The second-order valence-corrected chi connectivity index (χ2v) is 4.27. The molecule has 0 aromatic carbocycles. The van der Waals surface area contributed by atoms with E-state index in [1.54, 1.807) is 7.11 Å². The van der Waals surface area contributed by atoms with Crippen LogP contribution < -0.4 is 10.6 Å². The van der Waals surface area contributed by atoms with Crippen LogP contribution in [0.2, 0.25) is 0 Å². The standard InChI is InChI=1S/C10H20N2OS/c1-3-10(5-4-6-10)12-9(14)11-7-8-13-2/h3-8H2,1-2H3,(H2,11,12,14). The van der Waals surface area contributed by atoms with Crippen molar-refractivity contribution in [2.45, 2.75) is 38.1 Å². The summed E-state index contributed by atoms with van der Waals surface area (Å²) in [7, 11) is 1.69. The molecule has 1 aliphatic carbocycles. The average Bonchev–Trinajstić information content (AvgIpc) is 2.12. The fourth-order valence-electron chi connectivity index (χ4n) is 1.72. The van der Waals surface area contributed by atoms with Crippen LogP contribution in [0.1, 0.15) is 32.6 Å². The van der Waals surface area contributed by atoms with Crippen molar-refractivity contribution in [3.63, 3.8) is 0 Å². The van der Waals surface area contributed by atoms with E-state index in [0.29, 0.717) is 6.61 Å². The van der Waals surface area contributed by atoms with Crippen LogP contribution in [-0.4, -0.2) is 30.9 Å². The van der Waals surface area contributed by atoms with Crippen LogP contribution in [0.5, 0.6) is 0 Å². The van der Waals surface area contributed by atoms with E-state index in [1.165, 1.54) is 19.3 Å². The molecule has 0 aromatic heterocycles. The van der Waals surface area contributed by atoms with Crippen molar-refractivity contribution < 1.29 is 4.74 Å². The van der Waals surface area contributed by atoms with Gasteiger partial charge in [0.1, 0.15) is 0 Å². The Morgan fingerprint density at radius 2 is 2.21 bits per heavy atom. The molecule has 2 N–H and O–H groups in total. The van der Waals surface area contributed by atoms with Crippen molar-refractivity contribution in [2.75, 3.05) is 20.3 Å². The number of rotatable bonds is 5. The number of hydrogen-bond acceptors (Lipinski definition) is 2. The van der Waals surface area contributed by atoms with E-state index in [9.17, 15) is 0 Å². The highest BCUT2D eigenvalue weighted by Gasteiger charge is 2.35. The van der Waals surface area contributed by atoms with Gasteiger partial charge in [0.05, 0.1) is 6.61 Å². The lowest BCUT2D eigenvalue weighted by Crippen LogP contribution is -2.56. The van der Waals surface area contributed by atoms with Crippen molar-refractivity contribution >= 4 is 17.3 Å². The van der Waals surface area contributed by atoms with Crippen molar-refractivity contribution in [3.05, 3.63) is 0 Å². The SMILES string of the molecule is CCC1(NC(=S)NCCOC)CCC1. The molecule has 0 unspecified atom stereocenters. The largest absolute Gasteiger partial charge is 0.383 e. The summed E-state index contributed by atoms with van der Waals surface area (Å²) in [6.07, 6.45) is 4.96. The van der Waals surface area contributed by atoms with Gasteiger partial charge in [-0.1, -0.05) is 6.92 Å². The maximum atomic E-state index is 5.20. The van der Waals surface area contributed by atoms with E-state index in [4.69, 9.17) is 17.0 Å². The minimum absolute atomic E-state index is 0.289. The number of thiocarbonyl (C=S) groups is 1. The zero-order chi connectivity index (χ0) is 10.4. The van der Waals surface area contributed by atoms with E-state index in [1.807, 2.05) is 0 Å². The first-order chi connectivity index (χ1) is 6.72. The Balaban J connectivity index is 2.18. The zero-order valence-corrected chi connectivity index (χ0v) is 9.88. The summed E-state index contributed by atoms with van der Waals surface area (Å²) in [5.74, 6) is 0. The average molecular weight is 216 g/mol. The quantitative estimate of drug-likeness (QED) is 0.538. The lowest BCUT2D eigenvalue weighted by Gasteiger charge is -2.42. The smallest absolute Gasteiger partial charge is 0.166 e. The Bertz CT molecular complexity index is 187. The maximum absolute atomic E-state index is 5.20. The van der Waals surface area contributed by atoms with Gasteiger partial charge < -0.3 is 15.4 Å². The molecule has 3 nitrogen and oxygen atoms in total. The van der Waals surface area contributed by atoms with Crippen LogP contribution in [0.25, 0.3) is 0 Å². The summed E-state index contributed by atoms with van der Waals surface area (Å²) in [5, 5.41) is 7.31. The fraction of sp³-hybridized carbons (Fsp3) is 0.900. The molecule has 0 atom stereocenters. The lowest BCUT2D eigenvalue weighted by atomic mass is 9.75. The Morgan fingerprint density at radius 3 is 2.64 bits per heavy atom. The predicted octanol–water partition coefficient (Wildman–Crippen LogP) is 1.43. The van der Waals surface area contributed by atoms with Crippen LogP contribution >= 0.6 is 12.2 Å². The first kappa shape index (κ1) is 11.7. The number of ether oxygens (including phenoxy) is 1. The van der Waals surface area contributed by atoms with Crippen molar-refractivity contribution in [1.82, 2.24) is 10.6 Å². The van der Waals surface area contributed by atoms with E-state index in [0.717, 1.165) is 18.1 Å². The highest BCUT2D eigenvalue weighted by Crippen LogP contribution is 2.34. The molecule has 0 amide bonds. The molecule has 0 spiro atoms. The molecule has 82 valence electrons. The normalized spacial score (nSPS) is 18.4. The highest BCUT2D eigenvalue weighted by atomic mass is 32.1. The summed E-state index contributed by atoms with van der Waals surface area (Å²) in [5.41, 5.74) is 0.289. The van der Waals surface area contributed by atoms with Crippen molar-refractivity contribution in [1.29, 1.82) is 0 Å². The van der Waals surface area contributed by atoms with Gasteiger partial charge >= 0.3 is 0 Å². The van der Waals surface area contributed by atoms with Crippen LogP contribution in [0.4, 0.5) is 0 Å². The third-order valence-corrected chi connectivity index (χ3v) is 3.20. The summed E-state index contributed by atoms with van der Waals surface area (Å²) in [4.78, 5) is 0. The van der Waals surface area contributed by atoms with Gasteiger partial charge in [0.2, 0.25) is 0 Å². The molecular formula is C10H20N2OS. The van der Waals surface area contributed by atoms with Crippen LogP contribution in [-0.2, 0) is 4.74 Å². The Labute approximate surface area is 91.6 Å². The third kappa shape index (κ3) is 3.10. The second kappa shape index (κ2) is 5.51. The summed E-state index contributed by atoms with van der Waals surface area (Å²) in [6, 6.07) is 0. The summed E-state index contributed by atoms with van der Waals surface area (Å²) >= 11 is 5.20. The minimum Gasteiger partial charge on any atom is -0.383 e. The second-order valence-electron chi connectivity index (χ2n) is 3.86. The van der Waals surface area contributed by atoms with Crippen molar-refractivity contribution in [2.24, 2.45) is 0 Å². The molecule has 1 fully saturated rings. The van der Waals surface area contributed by atoms with Gasteiger partial charge in [-0.25, -0.2) is 0 Å². The van der Waals surface area contributed by atoms with Gasteiger partial charge in [-0.2, -0.15) is 0 Å². The molecular weight excluding hydrogens is 196 g/mol. The first-order valence-electron chi connectivity index (χ1n) is 5.27. The molecule has 0 bridgehead atoms. The maximum Gasteiger partial charge on any atom is 0.166 e. The third-order valence-electron chi connectivity index (χ3n) is 2.96. The molecule has 0 aromatic rings. The molecule has 0 radical (unpaired) electrons. The molecule has 1 rings (SSSR count). The van der Waals surface area contributed by atoms with E-state index in [2.05, 4.69) is 17.6 Å². The fourth-order valence-corrected chi connectivity index (χ4v) is 2.04. The summed E-state index contributed by atoms with van der Waals surface area (Å²) < 4.78 is 4.94. The molecule has 1 saturated carbocycles. The minimum atomic E-state index is 0.289. The van der Waals surface area contributed by atoms with E-state index < -0.39 is 0 Å². The summed E-state index contributed by atoms with van der Waals surface area (Å²) in [6.45, 7) is 3.69. The molecule has 0 saturated heterocycles. The predicted molar refractivity (Wildman–Crippen MR) is 62.5 cm³/mol. The first-order valence-corrected chi connectivity index (χ1v) is 5.68. The Morgan fingerprint density at radius 1 is 1.50 bits per heavy atom. The molecule has 0 aliphatic heterocycles. The topological polar surface area (TPSA) is 33.3 Å². The lowest BCUT2D eigenvalue weighted by molar-refractivity contribution is 0.198.